The minimum atomic E-state index is -0.210. The van der Waals surface area contributed by atoms with Crippen LogP contribution in [-0.4, -0.2) is 27.6 Å². The molecular weight excluding hydrogens is 302 g/mol. The Kier molecular flexibility index (Phi) is 4.16. The van der Waals surface area contributed by atoms with E-state index in [0.29, 0.717) is 10.8 Å². The number of aromatic nitrogens is 2. The summed E-state index contributed by atoms with van der Waals surface area (Å²) in [5.41, 5.74) is 1.13. The predicted molar refractivity (Wildman–Crippen MR) is 93.9 cm³/mol. The summed E-state index contributed by atoms with van der Waals surface area (Å²) in [7, 11) is 3.31. The number of fused-ring (bicyclic) bond motifs is 1. The number of nitrogens with zero attached hydrogens (tertiary/aromatic N) is 3. The molecule has 3 rings (SSSR count). The zero-order valence-corrected chi connectivity index (χ0v) is 13.9. The molecule has 1 atom stereocenters. The van der Waals surface area contributed by atoms with Crippen molar-refractivity contribution in [2.75, 3.05) is 7.05 Å². The Labute approximate surface area is 140 Å². The maximum Gasteiger partial charge on any atom is 0.275 e. The molecule has 1 heterocycles. The van der Waals surface area contributed by atoms with Crippen LogP contribution in [0.5, 0.6) is 0 Å². The van der Waals surface area contributed by atoms with Crippen LogP contribution in [-0.2, 0) is 7.05 Å². The molecule has 0 aliphatic carbocycles. The fourth-order valence-electron chi connectivity index (χ4n) is 2.76. The highest BCUT2D eigenvalue weighted by molar-refractivity contribution is 6.04. The van der Waals surface area contributed by atoms with Crippen molar-refractivity contribution < 1.29 is 4.79 Å². The molecule has 122 valence electrons. The number of hydrogen-bond donors (Lipinski definition) is 0. The van der Waals surface area contributed by atoms with E-state index in [-0.39, 0.29) is 23.2 Å². The first kappa shape index (κ1) is 15.9. The normalized spacial score (nSPS) is 12.1. The van der Waals surface area contributed by atoms with Crippen molar-refractivity contribution in [1.82, 2.24) is 14.7 Å². The Balaban J connectivity index is 2.06. The van der Waals surface area contributed by atoms with Crippen molar-refractivity contribution in [2.45, 2.75) is 13.0 Å². The summed E-state index contributed by atoms with van der Waals surface area (Å²) in [4.78, 5) is 26.8. The van der Waals surface area contributed by atoms with Crippen LogP contribution in [0.4, 0.5) is 0 Å². The number of amides is 1. The van der Waals surface area contributed by atoms with Crippen LogP contribution in [0.25, 0.3) is 10.8 Å². The van der Waals surface area contributed by atoms with Gasteiger partial charge in [0, 0.05) is 19.5 Å². The zero-order chi connectivity index (χ0) is 17.3. The fourth-order valence-corrected chi connectivity index (χ4v) is 2.76. The third kappa shape index (κ3) is 2.69. The van der Waals surface area contributed by atoms with Crippen LogP contribution < -0.4 is 5.56 Å². The Morgan fingerprint density at radius 2 is 1.62 bits per heavy atom. The molecule has 5 nitrogen and oxygen atoms in total. The Hall–Kier alpha value is -2.95. The fraction of sp³-hybridized carbons (Fsp3) is 0.211. The molecule has 24 heavy (non-hydrogen) atoms. The first-order valence-electron chi connectivity index (χ1n) is 7.79. The second kappa shape index (κ2) is 6.28. The minimum Gasteiger partial charge on any atom is -0.334 e. The molecule has 5 heteroatoms. The van der Waals surface area contributed by atoms with Gasteiger partial charge in [-0.15, -0.1) is 0 Å². The summed E-state index contributed by atoms with van der Waals surface area (Å²) in [5, 5.41) is 5.29. The molecule has 1 unspecified atom stereocenters. The number of aryl methyl sites for hydroxylation is 1. The standard InChI is InChI=1S/C19H19N3O2/c1-13(14-9-5-4-6-10-14)21(2)19(24)17-15-11-7-8-12-16(15)18(23)22(3)20-17/h4-13H,1-3H3. The molecule has 0 saturated carbocycles. The van der Waals surface area contributed by atoms with Crippen LogP contribution in [0.15, 0.2) is 59.4 Å². The maximum absolute atomic E-state index is 13.0. The van der Waals surface area contributed by atoms with Crippen LogP contribution in [0.1, 0.15) is 29.0 Å². The number of hydrogen-bond acceptors (Lipinski definition) is 3. The van der Waals surface area contributed by atoms with Crippen LogP contribution in [0, 0.1) is 0 Å². The molecule has 0 fully saturated rings. The number of carbonyl (C=O) groups is 1. The number of benzene rings is 2. The smallest absolute Gasteiger partial charge is 0.275 e. The third-order valence-corrected chi connectivity index (χ3v) is 4.34. The molecular formula is C19H19N3O2. The van der Waals surface area contributed by atoms with Crippen molar-refractivity contribution >= 4 is 16.7 Å². The van der Waals surface area contributed by atoms with Gasteiger partial charge in [-0.1, -0.05) is 48.5 Å². The van der Waals surface area contributed by atoms with E-state index in [4.69, 9.17) is 0 Å². The summed E-state index contributed by atoms with van der Waals surface area (Å²) < 4.78 is 1.22. The monoisotopic (exact) mass is 321 g/mol. The summed E-state index contributed by atoms with van der Waals surface area (Å²) >= 11 is 0. The van der Waals surface area contributed by atoms with Crippen molar-refractivity contribution in [1.29, 1.82) is 0 Å². The number of carbonyl (C=O) groups excluding carboxylic acids is 1. The van der Waals surface area contributed by atoms with Crippen LogP contribution in [0.3, 0.4) is 0 Å². The highest BCUT2D eigenvalue weighted by Crippen LogP contribution is 2.22. The first-order chi connectivity index (χ1) is 11.5. The molecule has 0 aliphatic heterocycles. The molecule has 1 amide bonds. The quantitative estimate of drug-likeness (QED) is 0.745. The van der Waals surface area contributed by atoms with E-state index < -0.39 is 0 Å². The maximum atomic E-state index is 13.0. The van der Waals surface area contributed by atoms with E-state index in [1.807, 2.05) is 37.3 Å². The molecule has 3 aromatic rings. The van der Waals surface area contributed by atoms with Crippen molar-refractivity contribution in [3.63, 3.8) is 0 Å². The average Bonchev–Trinajstić information content (AvgIpc) is 2.63. The minimum absolute atomic E-state index is 0.100. The van der Waals surface area contributed by atoms with Crippen LogP contribution in [0.2, 0.25) is 0 Å². The van der Waals surface area contributed by atoms with Gasteiger partial charge in [-0.2, -0.15) is 5.10 Å². The zero-order valence-electron chi connectivity index (χ0n) is 13.9. The largest absolute Gasteiger partial charge is 0.334 e. The van der Waals surface area contributed by atoms with Gasteiger partial charge in [0.15, 0.2) is 5.69 Å². The highest BCUT2D eigenvalue weighted by atomic mass is 16.2. The van der Waals surface area contributed by atoms with E-state index in [0.717, 1.165) is 5.56 Å². The average molecular weight is 321 g/mol. The lowest BCUT2D eigenvalue weighted by molar-refractivity contribution is 0.0736. The van der Waals surface area contributed by atoms with Gasteiger partial charge in [-0.3, -0.25) is 9.59 Å². The van der Waals surface area contributed by atoms with Gasteiger partial charge < -0.3 is 4.90 Å². The van der Waals surface area contributed by atoms with E-state index in [1.165, 1.54) is 4.68 Å². The van der Waals surface area contributed by atoms with Crippen molar-refractivity contribution in [3.05, 3.63) is 76.2 Å². The SMILES string of the molecule is CC(c1ccccc1)N(C)C(=O)c1nn(C)c(=O)c2ccccc12. The number of rotatable bonds is 3. The Morgan fingerprint density at radius 1 is 1.04 bits per heavy atom. The molecule has 0 radical (unpaired) electrons. The molecule has 0 N–H and O–H groups in total. The van der Waals surface area contributed by atoms with Gasteiger partial charge in [0.25, 0.3) is 11.5 Å². The van der Waals surface area contributed by atoms with E-state index in [9.17, 15) is 9.59 Å². The molecule has 0 spiro atoms. The third-order valence-electron chi connectivity index (χ3n) is 4.34. The first-order valence-corrected chi connectivity index (χ1v) is 7.79. The van der Waals surface area contributed by atoms with Gasteiger partial charge in [0.05, 0.1) is 11.4 Å². The van der Waals surface area contributed by atoms with Crippen molar-refractivity contribution in [3.8, 4) is 0 Å². The molecule has 2 aromatic carbocycles. The molecule has 0 bridgehead atoms. The molecule has 1 aromatic heterocycles. The van der Waals surface area contributed by atoms with Crippen molar-refractivity contribution in [2.24, 2.45) is 7.05 Å². The Bertz CT molecular complexity index is 948. The lowest BCUT2D eigenvalue weighted by atomic mass is 10.1. The van der Waals surface area contributed by atoms with Gasteiger partial charge in [-0.05, 0) is 18.6 Å². The topological polar surface area (TPSA) is 55.2 Å². The lowest BCUT2D eigenvalue weighted by Crippen LogP contribution is -2.33. The van der Waals surface area contributed by atoms with E-state index >= 15 is 0 Å². The summed E-state index contributed by atoms with van der Waals surface area (Å²) in [6.45, 7) is 1.97. The van der Waals surface area contributed by atoms with Crippen LogP contribution >= 0.6 is 0 Å². The summed E-state index contributed by atoms with van der Waals surface area (Å²) in [6, 6.07) is 16.8. The lowest BCUT2D eigenvalue weighted by Gasteiger charge is -2.25. The van der Waals surface area contributed by atoms with E-state index in [1.54, 1.807) is 43.3 Å². The molecule has 0 aliphatic rings. The Morgan fingerprint density at radius 3 is 2.29 bits per heavy atom. The van der Waals surface area contributed by atoms with Gasteiger partial charge in [-0.25, -0.2) is 4.68 Å². The van der Waals surface area contributed by atoms with E-state index in [2.05, 4.69) is 5.10 Å². The summed E-state index contributed by atoms with van der Waals surface area (Å²) in [6.07, 6.45) is 0. The molecule has 0 saturated heterocycles. The summed E-state index contributed by atoms with van der Waals surface area (Å²) in [5.74, 6) is -0.210. The van der Waals surface area contributed by atoms with Gasteiger partial charge in [0.2, 0.25) is 0 Å². The van der Waals surface area contributed by atoms with Gasteiger partial charge >= 0.3 is 0 Å². The van der Waals surface area contributed by atoms with Gasteiger partial charge in [0.1, 0.15) is 0 Å². The second-order valence-electron chi connectivity index (χ2n) is 5.83. The second-order valence-corrected chi connectivity index (χ2v) is 5.83. The predicted octanol–water partition coefficient (Wildman–Crippen LogP) is 2.77. The highest BCUT2D eigenvalue weighted by Gasteiger charge is 2.23.